The van der Waals surface area contributed by atoms with Crippen LogP contribution >= 0.6 is 11.3 Å². The van der Waals surface area contributed by atoms with Gasteiger partial charge in [-0.05, 0) is 6.92 Å². The van der Waals surface area contributed by atoms with E-state index in [4.69, 9.17) is 4.74 Å². The lowest BCUT2D eigenvalue weighted by Gasteiger charge is -2.10. The first-order valence-electron chi connectivity index (χ1n) is 6.75. The van der Waals surface area contributed by atoms with Gasteiger partial charge < -0.3 is 4.74 Å². The average Bonchev–Trinajstić information content (AvgIpc) is 3.01. The Kier molecular flexibility index (Phi) is 5.56. The molecule has 0 spiro atoms. The van der Waals surface area contributed by atoms with Gasteiger partial charge in [0, 0.05) is 23.1 Å². The molecule has 1 amide bonds. The predicted octanol–water partition coefficient (Wildman–Crippen LogP) is 3.25. The SMILES string of the molecule is C=CCO[C@@H](C)C(=O)Nc1nc(-c2cccc([N+](=O)[O-])c2)cs1. The van der Waals surface area contributed by atoms with Crippen LogP contribution in [-0.4, -0.2) is 28.5 Å². The fourth-order valence-electron chi connectivity index (χ4n) is 1.74. The van der Waals surface area contributed by atoms with E-state index < -0.39 is 11.0 Å². The molecular formula is C15H15N3O4S. The number of ether oxygens (including phenoxy) is 1. The monoisotopic (exact) mass is 333 g/mol. The Bertz CT molecular complexity index is 729. The molecule has 120 valence electrons. The fourth-order valence-corrected chi connectivity index (χ4v) is 2.46. The van der Waals surface area contributed by atoms with Crippen molar-refractivity contribution in [2.24, 2.45) is 0 Å². The summed E-state index contributed by atoms with van der Waals surface area (Å²) in [5, 5.41) is 15.6. The first kappa shape index (κ1) is 16.8. The van der Waals surface area contributed by atoms with Crippen LogP contribution in [-0.2, 0) is 9.53 Å². The van der Waals surface area contributed by atoms with Crippen LogP contribution in [0.25, 0.3) is 11.3 Å². The number of anilines is 1. The summed E-state index contributed by atoms with van der Waals surface area (Å²) >= 11 is 1.24. The summed E-state index contributed by atoms with van der Waals surface area (Å²) in [6.07, 6.45) is 0.936. The summed E-state index contributed by atoms with van der Waals surface area (Å²) in [6, 6.07) is 6.17. The minimum atomic E-state index is -0.627. The number of nitro groups is 1. The number of nitrogens with one attached hydrogen (secondary N) is 1. The van der Waals surface area contributed by atoms with E-state index in [1.54, 1.807) is 30.5 Å². The minimum absolute atomic E-state index is 0.00691. The van der Waals surface area contributed by atoms with Gasteiger partial charge in [-0.2, -0.15) is 0 Å². The van der Waals surface area contributed by atoms with Gasteiger partial charge in [0.15, 0.2) is 5.13 Å². The second kappa shape index (κ2) is 7.61. The topological polar surface area (TPSA) is 94.4 Å². The van der Waals surface area contributed by atoms with E-state index in [1.807, 2.05) is 0 Å². The van der Waals surface area contributed by atoms with Gasteiger partial charge in [-0.25, -0.2) is 4.98 Å². The number of aromatic nitrogens is 1. The van der Waals surface area contributed by atoms with Crippen LogP contribution in [0.4, 0.5) is 10.8 Å². The van der Waals surface area contributed by atoms with E-state index in [0.717, 1.165) is 0 Å². The number of amides is 1. The smallest absolute Gasteiger partial charge is 0.270 e. The first-order valence-corrected chi connectivity index (χ1v) is 7.63. The van der Waals surface area contributed by atoms with Crippen LogP contribution in [0.15, 0.2) is 42.3 Å². The van der Waals surface area contributed by atoms with Crippen LogP contribution in [0.5, 0.6) is 0 Å². The highest BCUT2D eigenvalue weighted by Gasteiger charge is 2.15. The lowest BCUT2D eigenvalue weighted by atomic mass is 10.1. The third-order valence-corrected chi connectivity index (χ3v) is 3.68. The molecule has 0 saturated carbocycles. The number of thiazole rings is 1. The van der Waals surface area contributed by atoms with Crippen molar-refractivity contribution in [3.63, 3.8) is 0 Å². The molecule has 1 heterocycles. The second-order valence-electron chi connectivity index (χ2n) is 4.60. The zero-order valence-electron chi connectivity index (χ0n) is 12.4. The number of non-ortho nitro benzene ring substituents is 1. The molecule has 1 aromatic carbocycles. The molecule has 0 aliphatic rings. The molecule has 0 bridgehead atoms. The van der Waals surface area contributed by atoms with Crippen LogP contribution in [0.2, 0.25) is 0 Å². The lowest BCUT2D eigenvalue weighted by Crippen LogP contribution is -2.27. The molecule has 2 rings (SSSR count). The maximum Gasteiger partial charge on any atom is 0.270 e. The van der Waals surface area contributed by atoms with Crippen LogP contribution in [0.1, 0.15) is 6.92 Å². The maximum atomic E-state index is 11.9. The lowest BCUT2D eigenvalue weighted by molar-refractivity contribution is -0.384. The summed E-state index contributed by atoms with van der Waals surface area (Å²) < 4.78 is 5.23. The van der Waals surface area contributed by atoms with E-state index in [0.29, 0.717) is 16.4 Å². The largest absolute Gasteiger partial charge is 0.365 e. The van der Waals surface area contributed by atoms with Gasteiger partial charge in [-0.15, -0.1) is 17.9 Å². The third kappa shape index (κ3) is 4.44. The highest BCUT2D eigenvalue weighted by molar-refractivity contribution is 7.14. The zero-order chi connectivity index (χ0) is 16.8. The number of rotatable bonds is 7. The quantitative estimate of drug-likeness (QED) is 0.477. The van der Waals surface area contributed by atoms with Crippen molar-refractivity contribution < 1.29 is 14.5 Å². The molecule has 0 aliphatic heterocycles. The third-order valence-electron chi connectivity index (χ3n) is 2.92. The van der Waals surface area contributed by atoms with E-state index >= 15 is 0 Å². The van der Waals surface area contributed by atoms with Gasteiger partial charge in [0.25, 0.3) is 11.6 Å². The summed E-state index contributed by atoms with van der Waals surface area (Å²) in [7, 11) is 0. The summed E-state index contributed by atoms with van der Waals surface area (Å²) in [6.45, 7) is 5.43. The molecule has 2 aromatic rings. The number of nitrogens with zero attached hydrogens (tertiary/aromatic N) is 2. The molecule has 1 N–H and O–H groups in total. The molecule has 0 aliphatic carbocycles. The number of benzene rings is 1. The fraction of sp³-hybridized carbons (Fsp3) is 0.200. The molecule has 1 aromatic heterocycles. The standard InChI is InChI=1S/C15H15N3O4S/c1-3-7-22-10(2)14(19)17-15-16-13(9-23-15)11-5-4-6-12(8-11)18(20)21/h3-6,8-10H,1,7H2,2H3,(H,16,17,19)/t10-/m0/s1. The first-order chi connectivity index (χ1) is 11.0. The van der Waals surface area contributed by atoms with E-state index in [2.05, 4.69) is 16.9 Å². The van der Waals surface area contributed by atoms with Gasteiger partial charge in [0.2, 0.25) is 0 Å². The van der Waals surface area contributed by atoms with E-state index in [1.165, 1.54) is 23.5 Å². The molecule has 0 fully saturated rings. The molecular weight excluding hydrogens is 318 g/mol. The van der Waals surface area contributed by atoms with Crippen molar-refractivity contribution in [1.29, 1.82) is 0 Å². The number of nitro benzene ring substituents is 1. The molecule has 0 radical (unpaired) electrons. The highest BCUT2D eigenvalue weighted by atomic mass is 32.1. The summed E-state index contributed by atoms with van der Waals surface area (Å²) in [4.78, 5) is 26.5. The maximum absolute atomic E-state index is 11.9. The Labute approximate surface area is 136 Å². The van der Waals surface area contributed by atoms with E-state index in [-0.39, 0.29) is 18.2 Å². The van der Waals surface area contributed by atoms with Gasteiger partial charge in [-0.1, -0.05) is 18.2 Å². The number of hydrogen-bond donors (Lipinski definition) is 1. The van der Waals surface area contributed by atoms with Crippen molar-refractivity contribution in [1.82, 2.24) is 4.98 Å². The van der Waals surface area contributed by atoms with Crippen molar-refractivity contribution in [2.75, 3.05) is 11.9 Å². The van der Waals surface area contributed by atoms with E-state index in [9.17, 15) is 14.9 Å². The molecule has 1 atom stereocenters. The molecule has 8 heteroatoms. The average molecular weight is 333 g/mol. The Hall–Kier alpha value is -2.58. The Balaban J connectivity index is 2.09. The molecule has 7 nitrogen and oxygen atoms in total. The van der Waals surface area contributed by atoms with Gasteiger partial charge >= 0.3 is 0 Å². The minimum Gasteiger partial charge on any atom is -0.365 e. The van der Waals surface area contributed by atoms with Gasteiger partial charge in [-0.3, -0.25) is 20.2 Å². The van der Waals surface area contributed by atoms with Crippen molar-refractivity contribution in [3.05, 3.63) is 52.4 Å². The molecule has 0 unspecified atom stereocenters. The van der Waals surface area contributed by atoms with Crippen molar-refractivity contribution in [2.45, 2.75) is 13.0 Å². The Morgan fingerprint density at radius 1 is 1.61 bits per heavy atom. The van der Waals surface area contributed by atoms with Crippen molar-refractivity contribution in [3.8, 4) is 11.3 Å². The molecule has 23 heavy (non-hydrogen) atoms. The predicted molar refractivity (Wildman–Crippen MR) is 88.4 cm³/mol. The Morgan fingerprint density at radius 3 is 3.09 bits per heavy atom. The van der Waals surface area contributed by atoms with Crippen LogP contribution in [0.3, 0.4) is 0 Å². The second-order valence-corrected chi connectivity index (χ2v) is 5.46. The van der Waals surface area contributed by atoms with Gasteiger partial charge in [0.05, 0.1) is 17.2 Å². The number of carbonyl (C=O) groups is 1. The zero-order valence-corrected chi connectivity index (χ0v) is 13.2. The highest BCUT2D eigenvalue weighted by Crippen LogP contribution is 2.27. The summed E-state index contributed by atoms with van der Waals surface area (Å²) in [5.41, 5.74) is 1.17. The molecule has 0 saturated heterocycles. The van der Waals surface area contributed by atoms with Crippen molar-refractivity contribution >= 4 is 28.1 Å². The summed E-state index contributed by atoms with van der Waals surface area (Å²) in [5.74, 6) is -0.313. The van der Waals surface area contributed by atoms with Crippen LogP contribution in [0, 0.1) is 10.1 Å². The van der Waals surface area contributed by atoms with Crippen LogP contribution < -0.4 is 5.32 Å². The van der Waals surface area contributed by atoms with Gasteiger partial charge in [0.1, 0.15) is 6.10 Å². The Morgan fingerprint density at radius 2 is 2.39 bits per heavy atom. The normalized spacial score (nSPS) is 11.7. The number of hydrogen-bond acceptors (Lipinski definition) is 6. The number of carbonyl (C=O) groups excluding carboxylic acids is 1.